The van der Waals surface area contributed by atoms with Gasteiger partial charge in [-0.2, -0.15) is 0 Å². The summed E-state index contributed by atoms with van der Waals surface area (Å²) in [4.78, 5) is 0. The van der Waals surface area contributed by atoms with E-state index in [4.69, 9.17) is 21.8 Å². The number of nitrogens with zero attached hydrogens (tertiary/aromatic N) is 2. The summed E-state index contributed by atoms with van der Waals surface area (Å²) in [5, 5.41) is 7.90. The van der Waals surface area contributed by atoms with Crippen molar-refractivity contribution in [2.45, 2.75) is 0 Å². The Balaban J connectivity index is 2.47. The van der Waals surface area contributed by atoms with E-state index in [9.17, 15) is 0 Å². The summed E-state index contributed by atoms with van der Waals surface area (Å²) in [5.41, 5.74) is 5.98. The van der Waals surface area contributed by atoms with E-state index < -0.39 is 0 Å². The molecule has 2 rings (SSSR count). The monoisotopic (exact) mass is 273 g/mol. The van der Waals surface area contributed by atoms with Crippen LogP contribution in [-0.2, 0) is 0 Å². The van der Waals surface area contributed by atoms with Crippen molar-refractivity contribution >= 4 is 33.3 Å². The summed E-state index contributed by atoms with van der Waals surface area (Å²) >= 11 is 8.98. The maximum absolute atomic E-state index is 5.79. The van der Waals surface area contributed by atoms with E-state index in [-0.39, 0.29) is 5.82 Å². The van der Waals surface area contributed by atoms with Crippen molar-refractivity contribution in [1.82, 2.24) is 10.2 Å². The predicted octanol–water partition coefficient (Wildman–Crippen LogP) is 2.73. The molecule has 0 spiro atoms. The number of nitrogens with two attached hydrogens (primary N) is 1. The Morgan fingerprint density at radius 2 is 2.14 bits per heavy atom. The lowest BCUT2D eigenvalue weighted by Crippen LogP contribution is -1.95. The molecule has 0 saturated carbocycles. The van der Waals surface area contributed by atoms with E-state index in [1.54, 1.807) is 18.2 Å². The van der Waals surface area contributed by atoms with Gasteiger partial charge in [-0.05, 0) is 34.1 Å². The largest absolute Gasteiger partial charge is 0.448 e. The van der Waals surface area contributed by atoms with Crippen LogP contribution in [0.1, 0.15) is 0 Å². The summed E-state index contributed by atoms with van der Waals surface area (Å²) in [7, 11) is 0. The Morgan fingerprint density at radius 1 is 1.36 bits per heavy atom. The Bertz CT molecular complexity index is 471. The molecule has 14 heavy (non-hydrogen) atoms. The fourth-order valence-electron chi connectivity index (χ4n) is 0.951. The van der Waals surface area contributed by atoms with Gasteiger partial charge in [0.2, 0.25) is 0 Å². The summed E-state index contributed by atoms with van der Waals surface area (Å²) < 4.78 is 5.91. The zero-order valence-corrected chi connectivity index (χ0v) is 9.21. The summed E-state index contributed by atoms with van der Waals surface area (Å²) in [5.74, 6) is 0.798. The lowest BCUT2D eigenvalue weighted by Gasteiger charge is -1.97. The number of halogens is 2. The van der Waals surface area contributed by atoms with E-state index in [0.29, 0.717) is 21.1 Å². The molecule has 72 valence electrons. The van der Waals surface area contributed by atoms with E-state index in [1.165, 1.54) is 0 Å². The van der Waals surface area contributed by atoms with Gasteiger partial charge in [0, 0.05) is 0 Å². The van der Waals surface area contributed by atoms with Gasteiger partial charge in [0.25, 0.3) is 0 Å². The molecule has 0 aliphatic carbocycles. The van der Waals surface area contributed by atoms with Crippen LogP contribution < -0.4 is 5.73 Å². The van der Waals surface area contributed by atoms with E-state index >= 15 is 0 Å². The lowest BCUT2D eigenvalue weighted by molar-refractivity contribution is 0.553. The molecule has 2 N–H and O–H groups in total. The molecule has 6 heteroatoms. The van der Waals surface area contributed by atoms with Crippen LogP contribution in [-0.4, -0.2) is 10.2 Å². The highest BCUT2D eigenvalue weighted by molar-refractivity contribution is 9.10. The van der Waals surface area contributed by atoms with Crippen molar-refractivity contribution in [3.8, 4) is 11.5 Å². The molecule has 4 nitrogen and oxygen atoms in total. The molecule has 0 fully saturated rings. The summed E-state index contributed by atoms with van der Waals surface area (Å²) in [6.45, 7) is 0. The molecule has 2 heterocycles. The van der Waals surface area contributed by atoms with Gasteiger partial charge in [0.05, 0.1) is 5.02 Å². The molecular formula is C8H5BrClN3O. The fraction of sp³-hybridized carbons (Fsp3) is 0. The minimum Gasteiger partial charge on any atom is -0.448 e. The molecule has 0 aliphatic rings. The van der Waals surface area contributed by atoms with Gasteiger partial charge in [-0.15, -0.1) is 10.2 Å². The average molecular weight is 275 g/mol. The highest BCUT2D eigenvalue weighted by Gasteiger charge is 2.07. The number of aromatic nitrogens is 2. The fourth-order valence-corrected chi connectivity index (χ4v) is 1.40. The van der Waals surface area contributed by atoms with Gasteiger partial charge in [0.15, 0.2) is 16.2 Å². The first-order chi connectivity index (χ1) is 6.66. The van der Waals surface area contributed by atoms with Crippen LogP contribution in [0.25, 0.3) is 11.5 Å². The third-order valence-corrected chi connectivity index (χ3v) is 2.33. The van der Waals surface area contributed by atoms with Gasteiger partial charge >= 0.3 is 0 Å². The molecule has 0 amide bonds. The van der Waals surface area contributed by atoms with Gasteiger partial charge in [-0.25, -0.2) is 0 Å². The highest BCUT2D eigenvalue weighted by atomic mass is 79.9. The summed E-state index contributed by atoms with van der Waals surface area (Å²) in [6, 6.07) is 5.14. The second-order valence-corrected chi connectivity index (χ2v) is 3.76. The van der Waals surface area contributed by atoms with Gasteiger partial charge in [-0.1, -0.05) is 11.6 Å². The minimum atomic E-state index is 0.209. The number of rotatable bonds is 1. The molecule has 0 saturated heterocycles. The maximum atomic E-state index is 5.79. The molecule has 0 bridgehead atoms. The molecule has 0 atom stereocenters. The third-order valence-electron chi connectivity index (χ3n) is 1.60. The van der Waals surface area contributed by atoms with E-state index in [0.717, 1.165) is 0 Å². The van der Waals surface area contributed by atoms with E-state index in [2.05, 4.69) is 26.1 Å². The molecule has 0 aliphatic heterocycles. The average Bonchev–Trinajstić information content (AvgIpc) is 2.57. The molecule has 0 aromatic carbocycles. The number of anilines is 1. The van der Waals surface area contributed by atoms with Crippen LogP contribution in [0.3, 0.4) is 0 Å². The lowest BCUT2D eigenvalue weighted by atomic mass is 10.3. The SMILES string of the molecule is Nc1nnc(-c2ccc(Br)o2)cc1Cl. The van der Waals surface area contributed by atoms with E-state index in [1.807, 2.05) is 0 Å². The van der Waals surface area contributed by atoms with Crippen molar-refractivity contribution in [3.05, 3.63) is 27.9 Å². The maximum Gasteiger partial charge on any atom is 0.169 e. The molecule has 2 aromatic rings. The highest BCUT2D eigenvalue weighted by Crippen LogP contribution is 2.26. The topological polar surface area (TPSA) is 64.9 Å². The van der Waals surface area contributed by atoms with Gasteiger partial charge < -0.3 is 10.2 Å². The molecule has 0 unspecified atom stereocenters. The van der Waals surface area contributed by atoms with Crippen molar-refractivity contribution in [1.29, 1.82) is 0 Å². The smallest absolute Gasteiger partial charge is 0.169 e. The van der Waals surface area contributed by atoms with Crippen molar-refractivity contribution < 1.29 is 4.42 Å². The van der Waals surface area contributed by atoms with Crippen LogP contribution in [0.4, 0.5) is 5.82 Å². The van der Waals surface area contributed by atoms with Crippen LogP contribution in [0.15, 0.2) is 27.3 Å². The zero-order valence-electron chi connectivity index (χ0n) is 6.87. The van der Waals surface area contributed by atoms with Crippen LogP contribution >= 0.6 is 27.5 Å². The van der Waals surface area contributed by atoms with Crippen molar-refractivity contribution in [2.24, 2.45) is 0 Å². The Labute approximate surface area is 93.2 Å². The van der Waals surface area contributed by atoms with Crippen LogP contribution in [0.5, 0.6) is 0 Å². The first-order valence-corrected chi connectivity index (χ1v) is 4.88. The second-order valence-electron chi connectivity index (χ2n) is 2.57. The third kappa shape index (κ3) is 1.73. The Hall–Kier alpha value is -1.07. The number of nitrogen functional groups attached to an aromatic ring is 1. The number of hydrogen-bond acceptors (Lipinski definition) is 4. The zero-order chi connectivity index (χ0) is 10.1. The molecular weight excluding hydrogens is 269 g/mol. The van der Waals surface area contributed by atoms with Gasteiger partial charge in [0.1, 0.15) is 5.69 Å². The van der Waals surface area contributed by atoms with Crippen molar-refractivity contribution in [3.63, 3.8) is 0 Å². The van der Waals surface area contributed by atoms with Crippen LogP contribution in [0, 0.1) is 0 Å². The molecule has 2 aromatic heterocycles. The molecule has 0 radical (unpaired) electrons. The quantitative estimate of drug-likeness (QED) is 0.868. The standard InChI is InChI=1S/C8H5BrClN3O/c9-7-2-1-6(14-7)5-3-4(10)8(11)13-12-5/h1-3H,(H2,11,13). The normalized spacial score (nSPS) is 10.4. The Kier molecular flexibility index (Phi) is 2.43. The number of furan rings is 1. The number of hydrogen-bond donors (Lipinski definition) is 1. The van der Waals surface area contributed by atoms with Gasteiger partial charge in [-0.3, -0.25) is 0 Å². The Morgan fingerprint density at radius 3 is 2.71 bits per heavy atom. The second kappa shape index (κ2) is 3.59. The first kappa shape index (κ1) is 9.48. The van der Waals surface area contributed by atoms with Crippen LogP contribution in [0.2, 0.25) is 5.02 Å². The van der Waals surface area contributed by atoms with Crippen molar-refractivity contribution in [2.75, 3.05) is 5.73 Å². The summed E-state index contributed by atoms with van der Waals surface area (Å²) in [6.07, 6.45) is 0. The minimum absolute atomic E-state index is 0.209. The first-order valence-electron chi connectivity index (χ1n) is 3.71. The predicted molar refractivity (Wildman–Crippen MR) is 56.9 cm³/mol.